The van der Waals surface area contributed by atoms with Gasteiger partial charge in [0.1, 0.15) is 0 Å². The van der Waals surface area contributed by atoms with Crippen molar-refractivity contribution < 1.29 is 9.59 Å². The van der Waals surface area contributed by atoms with E-state index in [1.807, 2.05) is 85.8 Å². The number of hydrogen-bond donors (Lipinski definition) is 1. The second-order valence-electron chi connectivity index (χ2n) is 8.60. The molecule has 2 amide bonds. The highest BCUT2D eigenvalue weighted by molar-refractivity contribution is 6.32. The molecule has 0 saturated carbocycles. The Balaban J connectivity index is 1.37. The molecule has 174 valence electrons. The minimum absolute atomic E-state index is 0.0170. The summed E-state index contributed by atoms with van der Waals surface area (Å²) in [6, 6.07) is 24.7. The summed E-state index contributed by atoms with van der Waals surface area (Å²) in [5.41, 5.74) is 6.48. The van der Waals surface area contributed by atoms with Crippen LogP contribution in [0.5, 0.6) is 0 Å². The molecule has 0 aliphatic carbocycles. The Labute approximate surface area is 209 Å². The van der Waals surface area contributed by atoms with E-state index in [1.165, 1.54) is 0 Å². The normalized spacial score (nSPS) is 12.3. The molecule has 1 aliphatic rings. The average molecular weight is 482 g/mol. The molecule has 0 spiro atoms. The Bertz CT molecular complexity index is 1400. The molecule has 5 nitrogen and oxygen atoms in total. The highest BCUT2D eigenvalue weighted by Gasteiger charge is 2.25. The fourth-order valence-electron chi connectivity index (χ4n) is 4.42. The Kier molecular flexibility index (Phi) is 6.34. The van der Waals surface area contributed by atoms with Crippen LogP contribution in [0.15, 0.2) is 85.1 Å². The number of hydrogen-bond acceptors (Lipinski definition) is 3. The molecule has 0 atom stereocenters. The number of rotatable bonds is 5. The molecular formula is C29H24ClN3O2. The number of carbonyl (C=O) groups is 2. The topological polar surface area (TPSA) is 62.3 Å². The summed E-state index contributed by atoms with van der Waals surface area (Å²) in [5.74, 6) is -0.187. The number of nitrogens with zero attached hydrogens (tertiary/aromatic N) is 2. The summed E-state index contributed by atoms with van der Waals surface area (Å²) in [5, 5.41) is 3.65. The van der Waals surface area contributed by atoms with Gasteiger partial charge in [-0.15, -0.1) is 0 Å². The van der Waals surface area contributed by atoms with Gasteiger partial charge in [0.25, 0.3) is 5.91 Å². The van der Waals surface area contributed by atoms with Gasteiger partial charge in [0.05, 0.1) is 6.42 Å². The first-order valence-electron chi connectivity index (χ1n) is 11.5. The lowest BCUT2D eigenvalue weighted by Crippen LogP contribution is -2.30. The zero-order valence-corrected chi connectivity index (χ0v) is 20.0. The monoisotopic (exact) mass is 481 g/mol. The van der Waals surface area contributed by atoms with E-state index in [-0.39, 0.29) is 18.2 Å². The van der Waals surface area contributed by atoms with Crippen LogP contribution in [0.1, 0.15) is 27.2 Å². The van der Waals surface area contributed by atoms with Crippen molar-refractivity contribution in [3.63, 3.8) is 0 Å². The van der Waals surface area contributed by atoms with E-state index in [4.69, 9.17) is 11.6 Å². The predicted molar refractivity (Wildman–Crippen MR) is 140 cm³/mol. The minimum atomic E-state index is -0.204. The average Bonchev–Trinajstić information content (AvgIpc) is 3.30. The lowest BCUT2D eigenvalue weighted by molar-refractivity contribution is -0.117. The van der Waals surface area contributed by atoms with E-state index < -0.39 is 0 Å². The molecule has 0 saturated heterocycles. The maximum atomic E-state index is 13.3. The number of aromatic nitrogens is 1. The quantitative estimate of drug-likeness (QED) is 0.375. The highest BCUT2D eigenvalue weighted by Crippen LogP contribution is 2.33. The fraction of sp³-hybridized carbons (Fsp3) is 0.138. The van der Waals surface area contributed by atoms with Crippen LogP contribution in [0.25, 0.3) is 11.1 Å². The molecule has 0 unspecified atom stereocenters. The van der Waals surface area contributed by atoms with Crippen LogP contribution in [-0.2, 0) is 17.6 Å². The summed E-state index contributed by atoms with van der Waals surface area (Å²) in [6.45, 7) is 2.51. The van der Waals surface area contributed by atoms with Gasteiger partial charge in [-0.05, 0) is 78.1 Å². The van der Waals surface area contributed by atoms with E-state index in [0.717, 1.165) is 40.1 Å². The molecule has 1 N–H and O–H groups in total. The standard InChI is InChI=1S/C29H24ClN3O2/c1-19-15-25(24(18-26(19)30)20-7-3-2-4-8-20)29(35)32-23-10-11-27-21(16-23)12-14-33(27)28(34)17-22-9-5-6-13-31-22/h2-11,13,15-16,18H,12,14,17H2,1H3,(H,32,35). The largest absolute Gasteiger partial charge is 0.322 e. The van der Waals surface area contributed by atoms with Gasteiger partial charge in [0, 0.05) is 40.4 Å². The first kappa shape index (κ1) is 22.8. The Morgan fingerprint density at radius 1 is 1.00 bits per heavy atom. The number of aryl methyl sites for hydroxylation is 1. The zero-order chi connectivity index (χ0) is 24.4. The van der Waals surface area contributed by atoms with E-state index in [2.05, 4.69) is 10.3 Å². The maximum Gasteiger partial charge on any atom is 0.256 e. The van der Waals surface area contributed by atoms with Gasteiger partial charge in [-0.1, -0.05) is 48.0 Å². The Morgan fingerprint density at radius 2 is 1.80 bits per heavy atom. The van der Waals surface area contributed by atoms with Crippen LogP contribution >= 0.6 is 11.6 Å². The van der Waals surface area contributed by atoms with Crippen LogP contribution in [-0.4, -0.2) is 23.3 Å². The first-order chi connectivity index (χ1) is 17.0. The predicted octanol–water partition coefficient (Wildman–Crippen LogP) is 6.09. The summed E-state index contributed by atoms with van der Waals surface area (Å²) in [4.78, 5) is 32.2. The zero-order valence-electron chi connectivity index (χ0n) is 19.3. The van der Waals surface area contributed by atoms with Crippen molar-refractivity contribution in [3.8, 4) is 11.1 Å². The molecule has 1 aliphatic heterocycles. The van der Waals surface area contributed by atoms with Crippen molar-refractivity contribution in [1.82, 2.24) is 4.98 Å². The number of halogens is 1. The third-order valence-corrected chi connectivity index (χ3v) is 6.63. The first-order valence-corrected chi connectivity index (χ1v) is 11.9. The second kappa shape index (κ2) is 9.72. The number of nitrogens with one attached hydrogen (secondary N) is 1. The summed E-state index contributed by atoms with van der Waals surface area (Å²) in [6.07, 6.45) is 2.69. The van der Waals surface area contributed by atoms with Gasteiger partial charge in [-0.2, -0.15) is 0 Å². The molecule has 0 fully saturated rings. The van der Waals surface area contributed by atoms with E-state index in [9.17, 15) is 9.59 Å². The third kappa shape index (κ3) is 4.81. The Hall–Kier alpha value is -3.96. The lowest BCUT2D eigenvalue weighted by Gasteiger charge is -2.18. The number of pyridine rings is 1. The van der Waals surface area contributed by atoms with Gasteiger partial charge in [-0.3, -0.25) is 14.6 Å². The summed E-state index contributed by atoms with van der Waals surface area (Å²) in [7, 11) is 0. The molecule has 0 bridgehead atoms. The van der Waals surface area contributed by atoms with Crippen molar-refractivity contribution in [1.29, 1.82) is 0 Å². The van der Waals surface area contributed by atoms with E-state index in [1.54, 1.807) is 11.1 Å². The maximum absolute atomic E-state index is 13.3. The lowest BCUT2D eigenvalue weighted by atomic mass is 9.97. The number of carbonyl (C=O) groups excluding carboxylic acids is 2. The molecule has 5 rings (SSSR count). The Morgan fingerprint density at radius 3 is 2.57 bits per heavy atom. The van der Waals surface area contributed by atoms with Gasteiger partial charge >= 0.3 is 0 Å². The molecule has 4 aromatic rings. The SMILES string of the molecule is Cc1cc(C(=O)Nc2ccc3c(c2)CCN3C(=O)Cc2ccccn2)c(-c2ccccc2)cc1Cl. The van der Waals surface area contributed by atoms with Crippen molar-refractivity contribution in [3.05, 3.63) is 112 Å². The van der Waals surface area contributed by atoms with Crippen LogP contribution in [0, 0.1) is 6.92 Å². The number of benzene rings is 3. The van der Waals surface area contributed by atoms with E-state index in [0.29, 0.717) is 22.8 Å². The summed E-state index contributed by atoms with van der Waals surface area (Å²) < 4.78 is 0. The van der Waals surface area contributed by atoms with E-state index >= 15 is 0 Å². The van der Waals surface area contributed by atoms with Gasteiger partial charge in [0.15, 0.2) is 0 Å². The number of amides is 2. The van der Waals surface area contributed by atoms with Crippen LogP contribution in [0.2, 0.25) is 5.02 Å². The van der Waals surface area contributed by atoms with Crippen molar-refractivity contribution in [2.24, 2.45) is 0 Å². The van der Waals surface area contributed by atoms with Crippen LogP contribution in [0.4, 0.5) is 11.4 Å². The summed E-state index contributed by atoms with van der Waals surface area (Å²) >= 11 is 6.39. The van der Waals surface area contributed by atoms with Gasteiger partial charge < -0.3 is 10.2 Å². The number of fused-ring (bicyclic) bond motifs is 1. The van der Waals surface area contributed by atoms with Crippen molar-refractivity contribution in [2.45, 2.75) is 19.8 Å². The number of anilines is 2. The third-order valence-electron chi connectivity index (χ3n) is 6.22. The second-order valence-corrected chi connectivity index (χ2v) is 9.01. The molecule has 1 aromatic heterocycles. The fourth-order valence-corrected chi connectivity index (χ4v) is 4.58. The highest BCUT2D eigenvalue weighted by atomic mass is 35.5. The molecule has 6 heteroatoms. The molecule has 2 heterocycles. The smallest absolute Gasteiger partial charge is 0.256 e. The van der Waals surface area contributed by atoms with Crippen LogP contribution < -0.4 is 10.2 Å². The van der Waals surface area contributed by atoms with Crippen molar-refractivity contribution >= 4 is 34.8 Å². The van der Waals surface area contributed by atoms with Gasteiger partial charge in [-0.25, -0.2) is 0 Å². The molecule has 0 radical (unpaired) electrons. The van der Waals surface area contributed by atoms with Crippen molar-refractivity contribution in [2.75, 3.05) is 16.8 Å². The van der Waals surface area contributed by atoms with Gasteiger partial charge in [0.2, 0.25) is 5.91 Å². The molecule has 3 aromatic carbocycles. The molecular weight excluding hydrogens is 458 g/mol. The van der Waals surface area contributed by atoms with Crippen LogP contribution in [0.3, 0.4) is 0 Å². The minimum Gasteiger partial charge on any atom is -0.322 e. The molecule has 35 heavy (non-hydrogen) atoms.